The molecule has 0 unspecified atom stereocenters. The molecule has 0 amide bonds. The molecule has 18 heavy (non-hydrogen) atoms. The van der Waals surface area contributed by atoms with Crippen LogP contribution in [0.3, 0.4) is 0 Å². The molecule has 90 valence electrons. The fraction of sp³-hybridized carbons (Fsp3) is 0.143. The molecule has 0 aliphatic heterocycles. The highest BCUT2D eigenvalue weighted by Gasteiger charge is 2.21. The maximum atomic E-state index is 5.53. The number of nitrogens with zero attached hydrogens (tertiary/aromatic N) is 2. The Labute approximate surface area is 109 Å². The molecular formula is C14H13N2OS+. The number of thiazole rings is 1. The first-order valence-corrected chi connectivity index (χ1v) is 6.52. The van der Waals surface area contributed by atoms with E-state index in [1.54, 1.807) is 18.4 Å². The summed E-state index contributed by atoms with van der Waals surface area (Å²) in [4.78, 5) is 6.59. The Morgan fingerprint density at radius 1 is 1.17 bits per heavy atom. The molecule has 3 nitrogen and oxygen atoms in total. The summed E-state index contributed by atoms with van der Waals surface area (Å²) in [6.45, 7) is 1.99. The SMILES string of the molecule is COc1c(-c2ccccc2)sc2nc(C)cc[n+]12. The van der Waals surface area contributed by atoms with Crippen molar-refractivity contribution in [1.29, 1.82) is 0 Å². The van der Waals surface area contributed by atoms with E-state index in [9.17, 15) is 0 Å². The van der Waals surface area contributed by atoms with Gasteiger partial charge in [-0.1, -0.05) is 30.3 Å². The highest BCUT2D eigenvalue weighted by molar-refractivity contribution is 7.20. The number of ether oxygens (including phenoxy) is 1. The fourth-order valence-electron chi connectivity index (χ4n) is 1.92. The van der Waals surface area contributed by atoms with E-state index >= 15 is 0 Å². The summed E-state index contributed by atoms with van der Waals surface area (Å²) in [6, 6.07) is 12.2. The first-order valence-electron chi connectivity index (χ1n) is 5.71. The van der Waals surface area contributed by atoms with Gasteiger partial charge in [0, 0.05) is 13.0 Å². The Kier molecular flexibility index (Phi) is 2.72. The first-order chi connectivity index (χ1) is 8.79. The topological polar surface area (TPSA) is 26.2 Å². The van der Waals surface area contributed by atoms with Crippen LogP contribution in [0.4, 0.5) is 0 Å². The normalized spacial score (nSPS) is 10.8. The lowest BCUT2D eigenvalue weighted by Crippen LogP contribution is -2.21. The van der Waals surface area contributed by atoms with Gasteiger partial charge in [0.2, 0.25) is 0 Å². The minimum Gasteiger partial charge on any atom is -0.464 e. The van der Waals surface area contributed by atoms with Gasteiger partial charge in [-0.2, -0.15) is 4.40 Å². The van der Waals surface area contributed by atoms with Crippen LogP contribution in [0.25, 0.3) is 15.4 Å². The van der Waals surface area contributed by atoms with Gasteiger partial charge in [0.25, 0.3) is 0 Å². The highest BCUT2D eigenvalue weighted by Crippen LogP contribution is 2.33. The Morgan fingerprint density at radius 2 is 1.94 bits per heavy atom. The maximum absolute atomic E-state index is 5.53. The van der Waals surface area contributed by atoms with E-state index in [0.717, 1.165) is 27.0 Å². The van der Waals surface area contributed by atoms with Gasteiger partial charge in [0.1, 0.15) is 11.1 Å². The summed E-state index contributed by atoms with van der Waals surface area (Å²) in [5.74, 6) is 0.841. The van der Waals surface area contributed by atoms with Gasteiger partial charge in [0.05, 0.1) is 7.11 Å². The zero-order valence-electron chi connectivity index (χ0n) is 10.3. The molecule has 0 radical (unpaired) electrons. The van der Waals surface area contributed by atoms with Crippen molar-refractivity contribution in [1.82, 2.24) is 4.98 Å². The molecule has 1 aromatic carbocycles. The number of aryl methyl sites for hydroxylation is 1. The number of aromatic nitrogens is 2. The average Bonchev–Trinajstić information content (AvgIpc) is 2.77. The molecule has 3 rings (SSSR count). The van der Waals surface area contributed by atoms with Crippen LogP contribution in [0.2, 0.25) is 0 Å². The molecule has 2 aromatic heterocycles. The molecule has 0 N–H and O–H groups in total. The zero-order valence-corrected chi connectivity index (χ0v) is 11.1. The molecule has 2 heterocycles. The number of benzene rings is 1. The summed E-state index contributed by atoms with van der Waals surface area (Å²) in [7, 11) is 1.70. The predicted molar refractivity (Wildman–Crippen MR) is 72.0 cm³/mol. The van der Waals surface area contributed by atoms with E-state index < -0.39 is 0 Å². The number of hydrogen-bond donors (Lipinski definition) is 0. The minimum atomic E-state index is 0.841. The van der Waals surface area contributed by atoms with Crippen molar-refractivity contribution in [3.8, 4) is 16.3 Å². The van der Waals surface area contributed by atoms with Crippen LogP contribution in [0.1, 0.15) is 5.69 Å². The third-order valence-corrected chi connectivity index (χ3v) is 3.86. The second kappa shape index (κ2) is 4.38. The average molecular weight is 257 g/mol. The molecule has 0 fully saturated rings. The molecule has 0 bridgehead atoms. The van der Waals surface area contributed by atoms with Crippen LogP contribution in [-0.4, -0.2) is 12.1 Å². The van der Waals surface area contributed by atoms with E-state index in [1.807, 2.05) is 41.8 Å². The van der Waals surface area contributed by atoms with Gasteiger partial charge < -0.3 is 4.74 Å². The van der Waals surface area contributed by atoms with Crippen molar-refractivity contribution in [2.45, 2.75) is 6.92 Å². The van der Waals surface area contributed by atoms with Crippen LogP contribution in [0, 0.1) is 6.92 Å². The van der Waals surface area contributed by atoms with Crippen LogP contribution in [-0.2, 0) is 0 Å². The quantitative estimate of drug-likeness (QED) is 0.660. The maximum Gasteiger partial charge on any atom is 0.390 e. The molecule has 0 saturated heterocycles. The standard InChI is InChI=1S/C14H13N2OS/c1-10-8-9-16-13(17-2)12(18-14(16)15-10)11-6-4-3-5-7-11/h3-9H,1-2H3/q+1. The van der Waals surface area contributed by atoms with Crippen molar-refractivity contribution in [2.75, 3.05) is 7.11 Å². The summed E-state index contributed by atoms with van der Waals surface area (Å²) in [6.07, 6.45) is 2.00. The molecule has 0 aliphatic carbocycles. The molecule has 0 aliphatic rings. The predicted octanol–water partition coefficient (Wildman–Crippen LogP) is 2.87. The lowest BCUT2D eigenvalue weighted by atomic mass is 10.2. The van der Waals surface area contributed by atoms with E-state index in [-0.39, 0.29) is 0 Å². The monoisotopic (exact) mass is 257 g/mol. The van der Waals surface area contributed by atoms with Crippen LogP contribution in [0.15, 0.2) is 42.6 Å². The van der Waals surface area contributed by atoms with Crippen molar-refractivity contribution in [3.63, 3.8) is 0 Å². The van der Waals surface area contributed by atoms with Gasteiger partial charge in [-0.3, -0.25) is 0 Å². The van der Waals surface area contributed by atoms with Gasteiger partial charge in [0.15, 0.2) is 5.69 Å². The molecule has 0 atom stereocenters. The lowest BCUT2D eigenvalue weighted by Gasteiger charge is -1.98. The van der Waals surface area contributed by atoms with Gasteiger partial charge in [-0.05, 0) is 21.9 Å². The Balaban J connectivity index is 2.29. The molecule has 4 heteroatoms. The minimum absolute atomic E-state index is 0.841. The molecular weight excluding hydrogens is 244 g/mol. The largest absolute Gasteiger partial charge is 0.464 e. The van der Waals surface area contributed by atoms with Crippen LogP contribution in [0.5, 0.6) is 5.88 Å². The Hall–Kier alpha value is -1.94. The third kappa shape index (κ3) is 1.75. The smallest absolute Gasteiger partial charge is 0.390 e. The molecule has 0 saturated carbocycles. The number of hydrogen-bond acceptors (Lipinski definition) is 3. The van der Waals surface area contributed by atoms with Crippen molar-refractivity contribution >= 4 is 16.3 Å². The van der Waals surface area contributed by atoms with Crippen molar-refractivity contribution in [2.24, 2.45) is 0 Å². The number of fused-ring (bicyclic) bond motifs is 1. The van der Waals surface area contributed by atoms with E-state index in [4.69, 9.17) is 4.74 Å². The highest BCUT2D eigenvalue weighted by atomic mass is 32.1. The first kappa shape index (κ1) is 11.2. The Morgan fingerprint density at radius 3 is 2.67 bits per heavy atom. The summed E-state index contributed by atoms with van der Waals surface area (Å²) < 4.78 is 7.51. The summed E-state index contributed by atoms with van der Waals surface area (Å²) >= 11 is 1.64. The van der Waals surface area contributed by atoms with Gasteiger partial charge in [-0.25, -0.2) is 0 Å². The van der Waals surface area contributed by atoms with Crippen LogP contribution >= 0.6 is 11.3 Å². The summed E-state index contributed by atoms with van der Waals surface area (Å²) in [5.41, 5.74) is 2.17. The van der Waals surface area contributed by atoms with Gasteiger partial charge >= 0.3 is 10.8 Å². The molecule has 3 aromatic rings. The fourth-order valence-corrected chi connectivity index (χ4v) is 3.06. The van der Waals surface area contributed by atoms with Crippen molar-refractivity contribution < 1.29 is 9.14 Å². The zero-order chi connectivity index (χ0) is 12.5. The van der Waals surface area contributed by atoms with E-state index in [2.05, 4.69) is 17.1 Å². The lowest BCUT2D eigenvalue weighted by molar-refractivity contribution is -0.519. The summed E-state index contributed by atoms with van der Waals surface area (Å²) in [5, 5.41) is 0. The van der Waals surface area contributed by atoms with Crippen molar-refractivity contribution in [3.05, 3.63) is 48.3 Å². The second-order valence-electron chi connectivity index (χ2n) is 4.03. The van der Waals surface area contributed by atoms with E-state index in [0.29, 0.717) is 0 Å². The van der Waals surface area contributed by atoms with Crippen LogP contribution < -0.4 is 9.14 Å². The number of rotatable bonds is 2. The third-order valence-electron chi connectivity index (χ3n) is 2.78. The second-order valence-corrected chi connectivity index (χ2v) is 5.01. The van der Waals surface area contributed by atoms with Gasteiger partial charge in [-0.15, -0.1) is 0 Å². The number of methoxy groups -OCH3 is 1. The van der Waals surface area contributed by atoms with E-state index in [1.165, 1.54) is 0 Å². The Bertz CT molecular complexity index is 692. The molecule has 0 spiro atoms.